The molecular formula is C13H16N2O2. The van der Waals surface area contributed by atoms with Crippen molar-refractivity contribution in [2.45, 2.75) is 13.8 Å². The molecule has 0 bridgehead atoms. The van der Waals surface area contributed by atoms with Gasteiger partial charge < -0.3 is 10.1 Å². The lowest BCUT2D eigenvalue weighted by Gasteiger charge is -2.22. The van der Waals surface area contributed by atoms with Crippen molar-refractivity contribution in [1.82, 2.24) is 0 Å². The Balaban J connectivity index is 2.61. The summed E-state index contributed by atoms with van der Waals surface area (Å²) in [6.07, 6.45) is 0. The minimum atomic E-state index is -0.581. The SMILES string of the molecule is COC(=O)C(C)(C)CNc1ccc(C#N)cc1. The van der Waals surface area contributed by atoms with Crippen LogP contribution in [0.1, 0.15) is 19.4 Å². The van der Waals surface area contributed by atoms with E-state index in [4.69, 9.17) is 10.00 Å². The molecule has 4 heteroatoms. The molecule has 4 nitrogen and oxygen atoms in total. The zero-order chi connectivity index (χ0) is 12.9. The van der Waals surface area contributed by atoms with Crippen LogP contribution in [-0.4, -0.2) is 19.6 Å². The van der Waals surface area contributed by atoms with Gasteiger partial charge in [-0.2, -0.15) is 5.26 Å². The number of hydrogen-bond donors (Lipinski definition) is 1. The first-order valence-electron chi connectivity index (χ1n) is 5.32. The minimum absolute atomic E-state index is 0.251. The lowest BCUT2D eigenvalue weighted by Crippen LogP contribution is -2.33. The summed E-state index contributed by atoms with van der Waals surface area (Å²) < 4.78 is 4.72. The van der Waals surface area contributed by atoms with Crippen molar-refractivity contribution in [2.24, 2.45) is 5.41 Å². The van der Waals surface area contributed by atoms with Gasteiger partial charge in [0.25, 0.3) is 0 Å². The van der Waals surface area contributed by atoms with Gasteiger partial charge in [-0.3, -0.25) is 4.79 Å². The zero-order valence-corrected chi connectivity index (χ0v) is 10.3. The second-order valence-electron chi connectivity index (χ2n) is 4.42. The standard InChI is InChI=1S/C13H16N2O2/c1-13(2,12(16)17-3)9-15-11-6-4-10(8-14)5-7-11/h4-7,15H,9H2,1-3H3. The Kier molecular flexibility index (Phi) is 4.11. The smallest absolute Gasteiger partial charge is 0.313 e. The quantitative estimate of drug-likeness (QED) is 0.808. The minimum Gasteiger partial charge on any atom is -0.469 e. The molecule has 0 amide bonds. The van der Waals surface area contributed by atoms with Crippen LogP contribution in [0.4, 0.5) is 5.69 Å². The van der Waals surface area contributed by atoms with Crippen LogP contribution in [0.15, 0.2) is 24.3 Å². The van der Waals surface area contributed by atoms with E-state index in [1.807, 2.05) is 26.0 Å². The highest BCUT2D eigenvalue weighted by molar-refractivity contribution is 5.76. The molecule has 0 aromatic heterocycles. The number of carbonyl (C=O) groups is 1. The van der Waals surface area contributed by atoms with E-state index in [0.29, 0.717) is 12.1 Å². The van der Waals surface area contributed by atoms with Crippen LogP contribution >= 0.6 is 0 Å². The Labute approximate surface area is 101 Å². The highest BCUT2D eigenvalue weighted by Crippen LogP contribution is 2.18. The van der Waals surface area contributed by atoms with E-state index >= 15 is 0 Å². The monoisotopic (exact) mass is 232 g/mol. The average Bonchev–Trinajstić information content (AvgIpc) is 2.36. The van der Waals surface area contributed by atoms with Crippen molar-refractivity contribution in [1.29, 1.82) is 5.26 Å². The van der Waals surface area contributed by atoms with Gasteiger partial charge in [-0.1, -0.05) is 0 Å². The molecule has 0 unspecified atom stereocenters. The van der Waals surface area contributed by atoms with Gasteiger partial charge in [0, 0.05) is 12.2 Å². The summed E-state index contributed by atoms with van der Waals surface area (Å²) in [6, 6.07) is 9.13. The predicted octanol–water partition coefficient (Wildman–Crippen LogP) is 2.17. The number of ether oxygens (including phenoxy) is 1. The molecular weight excluding hydrogens is 216 g/mol. The number of hydrogen-bond acceptors (Lipinski definition) is 4. The Hall–Kier alpha value is -2.02. The summed E-state index contributed by atoms with van der Waals surface area (Å²) in [5.74, 6) is -0.251. The van der Waals surface area contributed by atoms with Crippen molar-refractivity contribution in [3.8, 4) is 6.07 Å². The van der Waals surface area contributed by atoms with Gasteiger partial charge in [0.15, 0.2) is 0 Å². The number of carbonyl (C=O) groups excluding carboxylic acids is 1. The molecule has 0 heterocycles. The number of esters is 1. The van der Waals surface area contributed by atoms with E-state index in [9.17, 15) is 4.79 Å². The van der Waals surface area contributed by atoms with Gasteiger partial charge in [-0.25, -0.2) is 0 Å². The lowest BCUT2D eigenvalue weighted by atomic mass is 9.93. The molecule has 0 saturated carbocycles. The Morgan fingerprint density at radius 3 is 2.47 bits per heavy atom. The molecule has 90 valence electrons. The van der Waals surface area contributed by atoms with Gasteiger partial charge >= 0.3 is 5.97 Å². The maximum Gasteiger partial charge on any atom is 0.313 e. The molecule has 1 aromatic rings. The Bertz CT molecular complexity index is 430. The van der Waals surface area contributed by atoms with Gasteiger partial charge in [0.2, 0.25) is 0 Å². The van der Waals surface area contributed by atoms with Crippen LogP contribution in [-0.2, 0) is 9.53 Å². The molecule has 0 aliphatic carbocycles. The molecule has 0 fully saturated rings. The summed E-state index contributed by atoms with van der Waals surface area (Å²) in [4.78, 5) is 11.4. The fraction of sp³-hybridized carbons (Fsp3) is 0.385. The fourth-order valence-corrected chi connectivity index (χ4v) is 1.33. The largest absolute Gasteiger partial charge is 0.469 e. The second-order valence-corrected chi connectivity index (χ2v) is 4.42. The van der Waals surface area contributed by atoms with Crippen molar-refractivity contribution >= 4 is 11.7 Å². The Morgan fingerprint density at radius 1 is 1.41 bits per heavy atom. The zero-order valence-electron chi connectivity index (χ0n) is 10.3. The highest BCUT2D eigenvalue weighted by atomic mass is 16.5. The summed E-state index contributed by atoms with van der Waals surface area (Å²) in [5.41, 5.74) is 0.909. The predicted molar refractivity (Wildman–Crippen MR) is 65.4 cm³/mol. The first kappa shape index (κ1) is 13.0. The molecule has 0 aliphatic rings. The summed E-state index contributed by atoms with van der Waals surface area (Å²) in [7, 11) is 1.38. The summed E-state index contributed by atoms with van der Waals surface area (Å²) in [6.45, 7) is 4.11. The van der Waals surface area contributed by atoms with E-state index in [1.165, 1.54) is 7.11 Å². The van der Waals surface area contributed by atoms with E-state index in [2.05, 4.69) is 11.4 Å². The number of anilines is 1. The first-order valence-corrected chi connectivity index (χ1v) is 5.32. The molecule has 1 aromatic carbocycles. The number of rotatable bonds is 4. The number of nitrogens with one attached hydrogen (secondary N) is 1. The van der Waals surface area contributed by atoms with Crippen LogP contribution in [0.2, 0.25) is 0 Å². The molecule has 0 atom stereocenters. The maximum atomic E-state index is 11.4. The molecule has 0 spiro atoms. The molecule has 1 rings (SSSR count). The number of benzene rings is 1. The van der Waals surface area contributed by atoms with Crippen molar-refractivity contribution in [3.63, 3.8) is 0 Å². The third-order valence-electron chi connectivity index (χ3n) is 2.49. The van der Waals surface area contributed by atoms with Gasteiger partial charge in [0.05, 0.1) is 24.2 Å². The van der Waals surface area contributed by atoms with Gasteiger partial charge in [-0.15, -0.1) is 0 Å². The van der Waals surface area contributed by atoms with Crippen molar-refractivity contribution in [2.75, 3.05) is 19.0 Å². The second kappa shape index (κ2) is 5.35. The normalized spacial score (nSPS) is 10.5. The van der Waals surface area contributed by atoms with Crippen molar-refractivity contribution < 1.29 is 9.53 Å². The molecule has 1 N–H and O–H groups in total. The highest BCUT2D eigenvalue weighted by Gasteiger charge is 2.28. The third-order valence-corrected chi connectivity index (χ3v) is 2.49. The average molecular weight is 232 g/mol. The fourth-order valence-electron chi connectivity index (χ4n) is 1.33. The third kappa shape index (κ3) is 3.49. The lowest BCUT2D eigenvalue weighted by molar-refractivity contribution is -0.149. The van der Waals surface area contributed by atoms with Gasteiger partial charge in [-0.05, 0) is 38.1 Å². The number of nitriles is 1. The van der Waals surface area contributed by atoms with Gasteiger partial charge in [0.1, 0.15) is 0 Å². The Morgan fingerprint density at radius 2 is 2.00 bits per heavy atom. The van der Waals surface area contributed by atoms with Crippen LogP contribution in [0.3, 0.4) is 0 Å². The van der Waals surface area contributed by atoms with Crippen molar-refractivity contribution in [3.05, 3.63) is 29.8 Å². The molecule has 0 radical (unpaired) electrons. The first-order chi connectivity index (χ1) is 7.99. The van der Waals surface area contributed by atoms with Crippen LogP contribution in [0.5, 0.6) is 0 Å². The van der Waals surface area contributed by atoms with Crippen LogP contribution < -0.4 is 5.32 Å². The topological polar surface area (TPSA) is 62.1 Å². The molecule has 17 heavy (non-hydrogen) atoms. The number of nitrogens with zero attached hydrogens (tertiary/aromatic N) is 1. The summed E-state index contributed by atoms with van der Waals surface area (Å²) in [5, 5.41) is 11.8. The summed E-state index contributed by atoms with van der Waals surface area (Å²) >= 11 is 0. The van der Waals surface area contributed by atoms with E-state index < -0.39 is 5.41 Å². The van der Waals surface area contributed by atoms with Crippen LogP contribution in [0.25, 0.3) is 0 Å². The van der Waals surface area contributed by atoms with E-state index in [1.54, 1.807) is 12.1 Å². The van der Waals surface area contributed by atoms with Crippen LogP contribution in [0, 0.1) is 16.7 Å². The van der Waals surface area contributed by atoms with E-state index in [-0.39, 0.29) is 5.97 Å². The maximum absolute atomic E-state index is 11.4. The van der Waals surface area contributed by atoms with E-state index in [0.717, 1.165) is 5.69 Å². The molecule has 0 saturated heterocycles. The number of methoxy groups -OCH3 is 1. The molecule has 0 aliphatic heterocycles.